The number of hydrogen-bond acceptors (Lipinski definition) is 2. The van der Waals surface area contributed by atoms with Crippen LogP contribution in [0.5, 0.6) is 0 Å². The standard InChI is InChI=1S/C17H27N3O/c1-4-6-14-7-9-15(10-8-14)16(18-5-2)13-20-12-11-19(3)17(20)21/h7-10,16,18H,4-6,11-13H2,1-3H3. The maximum absolute atomic E-state index is 12.0. The zero-order valence-corrected chi connectivity index (χ0v) is 13.4. The van der Waals surface area contributed by atoms with Crippen LogP contribution in [0.3, 0.4) is 0 Å². The van der Waals surface area contributed by atoms with Crippen molar-refractivity contribution >= 4 is 6.03 Å². The fourth-order valence-electron chi connectivity index (χ4n) is 2.83. The van der Waals surface area contributed by atoms with Crippen molar-refractivity contribution in [2.24, 2.45) is 0 Å². The van der Waals surface area contributed by atoms with Crippen molar-refractivity contribution in [3.8, 4) is 0 Å². The van der Waals surface area contributed by atoms with Crippen LogP contribution in [-0.2, 0) is 6.42 Å². The molecule has 1 aliphatic heterocycles. The lowest BCUT2D eigenvalue weighted by atomic mass is 10.0. The van der Waals surface area contributed by atoms with Crippen LogP contribution in [-0.4, -0.2) is 49.1 Å². The van der Waals surface area contributed by atoms with Crippen LogP contribution in [0.1, 0.15) is 37.4 Å². The van der Waals surface area contributed by atoms with E-state index >= 15 is 0 Å². The van der Waals surface area contributed by atoms with Crippen molar-refractivity contribution < 1.29 is 4.79 Å². The lowest BCUT2D eigenvalue weighted by Crippen LogP contribution is -2.37. The summed E-state index contributed by atoms with van der Waals surface area (Å²) >= 11 is 0. The molecule has 4 nitrogen and oxygen atoms in total. The molecule has 2 amide bonds. The van der Waals surface area contributed by atoms with Gasteiger partial charge >= 0.3 is 6.03 Å². The lowest BCUT2D eigenvalue weighted by Gasteiger charge is -2.25. The molecule has 1 fully saturated rings. The van der Waals surface area contributed by atoms with Crippen molar-refractivity contribution in [3.05, 3.63) is 35.4 Å². The van der Waals surface area contributed by atoms with E-state index < -0.39 is 0 Å². The van der Waals surface area contributed by atoms with Gasteiger partial charge in [-0.3, -0.25) is 0 Å². The second-order valence-corrected chi connectivity index (χ2v) is 5.75. The lowest BCUT2D eigenvalue weighted by molar-refractivity contribution is 0.194. The first-order valence-corrected chi connectivity index (χ1v) is 7.98. The summed E-state index contributed by atoms with van der Waals surface area (Å²) in [5.74, 6) is 0. The topological polar surface area (TPSA) is 35.6 Å². The molecule has 0 aromatic heterocycles. The molecule has 1 aromatic rings. The van der Waals surface area contributed by atoms with Gasteiger partial charge in [0, 0.05) is 32.7 Å². The van der Waals surface area contributed by atoms with E-state index in [1.54, 1.807) is 4.90 Å². The normalized spacial score (nSPS) is 16.6. The van der Waals surface area contributed by atoms with E-state index in [-0.39, 0.29) is 12.1 Å². The van der Waals surface area contributed by atoms with Gasteiger partial charge in [0.2, 0.25) is 0 Å². The van der Waals surface area contributed by atoms with Gasteiger partial charge in [0.05, 0.1) is 0 Å². The van der Waals surface area contributed by atoms with Crippen LogP contribution in [0.15, 0.2) is 24.3 Å². The number of rotatable bonds is 7. The van der Waals surface area contributed by atoms with E-state index in [0.29, 0.717) is 0 Å². The molecule has 0 saturated carbocycles. The van der Waals surface area contributed by atoms with Crippen LogP contribution < -0.4 is 5.32 Å². The zero-order chi connectivity index (χ0) is 15.2. The van der Waals surface area contributed by atoms with Crippen LogP contribution >= 0.6 is 0 Å². The predicted molar refractivity (Wildman–Crippen MR) is 86.5 cm³/mol. The van der Waals surface area contributed by atoms with Gasteiger partial charge in [0.1, 0.15) is 0 Å². The summed E-state index contributed by atoms with van der Waals surface area (Å²) in [4.78, 5) is 15.8. The maximum atomic E-state index is 12.0. The Hall–Kier alpha value is -1.55. The summed E-state index contributed by atoms with van der Waals surface area (Å²) < 4.78 is 0. The largest absolute Gasteiger partial charge is 0.326 e. The Kier molecular flexibility index (Phi) is 5.62. The van der Waals surface area contributed by atoms with Crippen molar-refractivity contribution in [1.29, 1.82) is 0 Å². The Bertz CT molecular complexity index is 458. The number of likely N-dealkylation sites (N-methyl/N-ethyl adjacent to an activating group) is 2. The first-order chi connectivity index (χ1) is 10.2. The molecule has 1 unspecified atom stereocenters. The van der Waals surface area contributed by atoms with Crippen LogP contribution in [0.2, 0.25) is 0 Å². The molecule has 1 N–H and O–H groups in total. The average Bonchev–Trinajstić information content (AvgIpc) is 2.80. The summed E-state index contributed by atoms with van der Waals surface area (Å²) in [6, 6.07) is 9.16. The SMILES string of the molecule is CCCc1ccc(C(CN2CCN(C)C2=O)NCC)cc1. The first-order valence-electron chi connectivity index (χ1n) is 7.98. The van der Waals surface area contributed by atoms with Crippen LogP contribution in [0.25, 0.3) is 0 Å². The van der Waals surface area contributed by atoms with Gasteiger partial charge in [-0.15, -0.1) is 0 Å². The van der Waals surface area contributed by atoms with Gasteiger partial charge in [0.15, 0.2) is 0 Å². The molecule has 116 valence electrons. The van der Waals surface area contributed by atoms with Crippen molar-refractivity contribution in [1.82, 2.24) is 15.1 Å². The highest BCUT2D eigenvalue weighted by Crippen LogP contribution is 2.18. The Balaban J connectivity index is 2.05. The van der Waals surface area contributed by atoms with E-state index in [2.05, 4.69) is 43.4 Å². The molecule has 0 spiro atoms. The average molecular weight is 289 g/mol. The number of hydrogen-bond donors (Lipinski definition) is 1. The van der Waals surface area contributed by atoms with Gasteiger partial charge in [-0.05, 0) is 24.1 Å². The Morgan fingerprint density at radius 3 is 2.43 bits per heavy atom. The summed E-state index contributed by atoms with van der Waals surface area (Å²) in [6.07, 6.45) is 2.30. The molecule has 1 aromatic carbocycles. The predicted octanol–water partition coefficient (Wildman–Crippen LogP) is 2.66. The molecule has 2 rings (SSSR count). The Morgan fingerprint density at radius 2 is 1.90 bits per heavy atom. The number of nitrogens with zero attached hydrogens (tertiary/aromatic N) is 2. The van der Waals surface area contributed by atoms with Gasteiger partial charge in [-0.2, -0.15) is 0 Å². The highest BCUT2D eigenvalue weighted by molar-refractivity contribution is 5.76. The molecule has 1 heterocycles. The minimum atomic E-state index is 0.139. The zero-order valence-electron chi connectivity index (χ0n) is 13.4. The van der Waals surface area contributed by atoms with Crippen molar-refractivity contribution in [2.45, 2.75) is 32.7 Å². The summed E-state index contributed by atoms with van der Waals surface area (Å²) in [5, 5.41) is 3.50. The van der Waals surface area contributed by atoms with E-state index in [1.165, 1.54) is 17.5 Å². The van der Waals surface area contributed by atoms with Gasteiger partial charge in [-0.1, -0.05) is 44.5 Å². The number of benzene rings is 1. The molecule has 1 saturated heterocycles. The molecular weight excluding hydrogens is 262 g/mol. The molecule has 0 bridgehead atoms. The van der Waals surface area contributed by atoms with Gasteiger partial charge in [-0.25, -0.2) is 4.79 Å². The molecular formula is C17H27N3O. The minimum absolute atomic E-state index is 0.139. The molecule has 0 aliphatic carbocycles. The Morgan fingerprint density at radius 1 is 1.19 bits per heavy atom. The monoisotopic (exact) mass is 289 g/mol. The summed E-state index contributed by atoms with van der Waals surface area (Å²) in [6.45, 7) is 7.60. The van der Waals surface area contributed by atoms with E-state index in [1.807, 2.05) is 11.9 Å². The molecule has 1 atom stereocenters. The molecule has 0 radical (unpaired) electrons. The van der Waals surface area contributed by atoms with Crippen molar-refractivity contribution in [3.63, 3.8) is 0 Å². The highest BCUT2D eigenvalue weighted by Gasteiger charge is 2.27. The number of carbonyl (C=O) groups excluding carboxylic acids is 1. The quantitative estimate of drug-likeness (QED) is 0.837. The number of urea groups is 1. The van der Waals surface area contributed by atoms with E-state index in [9.17, 15) is 4.79 Å². The summed E-state index contributed by atoms with van der Waals surface area (Å²) in [7, 11) is 1.87. The summed E-state index contributed by atoms with van der Waals surface area (Å²) in [5.41, 5.74) is 2.65. The number of aryl methyl sites for hydroxylation is 1. The van der Waals surface area contributed by atoms with Gasteiger partial charge in [0.25, 0.3) is 0 Å². The van der Waals surface area contributed by atoms with E-state index in [4.69, 9.17) is 0 Å². The van der Waals surface area contributed by atoms with Crippen molar-refractivity contribution in [2.75, 3.05) is 33.2 Å². The smallest absolute Gasteiger partial charge is 0.319 e. The fourth-order valence-corrected chi connectivity index (χ4v) is 2.83. The second-order valence-electron chi connectivity index (χ2n) is 5.75. The Labute approximate surface area is 128 Å². The first kappa shape index (κ1) is 15.8. The molecule has 1 aliphatic rings. The number of nitrogens with one attached hydrogen (secondary N) is 1. The van der Waals surface area contributed by atoms with E-state index in [0.717, 1.165) is 32.6 Å². The third-order valence-corrected chi connectivity index (χ3v) is 4.08. The highest BCUT2D eigenvalue weighted by atomic mass is 16.2. The minimum Gasteiger partial charge on any atom is -0.326 e. The maximum Gasteiger partial charge on any atom is 0.319 e. The van der Waals surface area contributed by atoms with Crippen LogP contribution in [0, 0.1) is 0 Å². The van der Waals surface area contributed by atoms with Crippen LogP contribution in [0.4, 0.5) is 4.79 Å². The third-order valence-electron chi connectivity index (χ3n) is 4.08. The van der Waals surface area contributed by atoms with Gasteiger partial charge < -0.3 is 15.1 Å². The number of carbonyl (C=O) groups is 1. The molecule has 21 heavy (non-hydrogen) atoms. The second kappa shape index (κ2) is 7.46. The molecule has 4 heteroatoms. The number of amides is 2. The third kappa shape index (κ3) is 3.97. The fraction of sp³-hybridized carbons (Fsp3) is 0.588.